The lowest BCUT2D eigenvalue weighted by molar-refractivity contribution is -0.0782. The van der Waals surface area contributed by atoms with Gasteiger partial charge in [0.15, 0.2) is 8.32 Å². The van der Waals surface area contributed by atoms with Crippen molar-refractivity contribution in [2.75, 3.05) is 13.2 Å². The number of hydrogen-bond donors (Lipinski definition) is 1. The van der Waals surface area contributed by atoms with Crippen molar-refractivity contribution in [3.05, 3.63) is 0 Å². The number of fused-ring (bicyclic) bond motifs is 1. The minimum atomic E-state index is -1.76. The number of epoxide rings is 1. The molecular formula is C12H24O4Si. The van der Waals surface area contributed by atoms with Crippen LogP contribution in [0, 0.1) is 0 Å². The minimum absolute atomic E-state index is 0.0169. The molecule has 17 heavy (non-hydrogen) atoms. The van der Waals surface area contributed by atoms with Gasteiger partial charge in [-0.3, -0.25) is 0 Å². The van der Waals surface area contributed by atoms with Crippen LogP contribution in [0.4, 0.5) is 0 Å². The Balaban J connectivity index is 1.85. The first kappa shape index (κ1) is 13.5. The van der Waals surface area contributed by atoms with Crippen LogP contribution in [-0.2, 0) is 13.9 Å². The van der Waals surface area contributed by atoms with Gasteiger partial charge in [0.1, 0.15) is 24.4 Å². The topological polar surface area (TPSA) is 51.2 Å². The fourth-order valence-electron chi connectivity index (χ4n) is 1.77. The van der Waals surface area contributed by atoms with E-state index < -0.39 is 14.4 Å². The summed E-state index contributed by atoms with van der Waals surface area (Å²) in [4.78, 5) is 0. The second-order valence-corrected chi connectivity index (χ2v) is 11.4. The van der Waals surface area contributed by atoms with Crippen molar-refractivity contribution in [3.8, 4) is 0 Å². The molecule has 0 spiro atoms. The largest absolute Gasteiger partial charge is 0.414 e. The Morgan fingerprint density at radius 1 is 1.35 bits per heavy atom. The van der Waals surface area contributed by atoms with Gasteiger partial charge in [0.2, 0.25) is 0 Å². The zero-order chi connectivity index (χ0) is 12.8. The third kappa shape index (κ3) is 2.74. The lowest BCUT2D eigenvalue weighted by atomic mass is 10.1. The lowest BCUT2D eigenvalue weighted by Crippen LogP contribution is -2.48. The zero-order valence-corrected chi connectivity index (χ0v) is 12.4. The third-order valence-electron chi connectivity index (χ3n) is 4.23. The van der Waals surface area contributed by atoms with Gasteiger partial charge in [0, 0.05) is 0 Å². The maximum absolute atomic E-state index is 9.96. The molecule has 100 valence electrons. The van der Waals surface area contributed by atoms with Crippen molar-refractivity contribution in [1.29, 1.82) is 0 Å². The molecule has 0 aromatic carbocycles. The first-order valence-corrected chi connectivity index (χ1v) is 9.22. The molecule has 0 aromatic heterocycles. The van der Waals surface area contributed by atoms with E-state index in [2.05, 4.69) is 33.9 Å². The standard InChI is InChI=1S/C12H24O4Si/c1-12(2,3)17(4,5)15-7-8-10(13)11-9(16-11)6-14-8/h8-11,13H,6-7H2,1-5H3/t8-,9+,10+,11+/m0/s1. The molecule has 4 atom stereocenters. The smallest absolute Gasteiger partial charge is 0.192 e. The maximum atomic E-state index is 9.96. The number of ether oxygens (including phenoxy) is 2. The number of aliphatic hydroxyl groups is 1. The SMILES string of the molecule is CC(C)(C)[Si](C)(C)OC[C@@H]1OC[C@H]2O[C@H]2[C@@H]1O. The minimum Gasteiger partial charge on any atom is -0.414 e. The molecule has 0 amide bonds. The molecule has 2 aliphatic rings. The summed E-state index contributed by atoms with van der Waals surface area (Å²) in [6.07, 6.45) is -0.655. The molecule has 0 aromatic rings. The summed E-state index contributed by atoms with van der Waals surface area (Å²) in [6, 6.07) is 0. The fraction of sp³-hybridized carbons (Fsp3) is 1.00. The summed E-state index contributed by atoms with van der Waals surface area (Å²) >= 11 is 0. The first-order valence-electron chi connectivity index (χ1n) is 6.31. The number of rotatable bonds is 3. The molecular weight excluding hydrogens is 236 g/mol. The maximum Gasteiger partial charge on any atom is 0.192 e. The molecule has 0 saturated carbocycles. The first-order chi connectivity index (χ1) is 7.72. The molecule has 5 heteroatoms. The van der Waals surface area contributed by atoms with Gasteiger partial charge in [-0.15, -0.1) is 0 Å². The Kier molecular flexibility index (Phi) is 3.42. The van der Waals surface area contributed by atoms with E-state index in [0.717, 1.165) is 0 Å². The van der Waals surface area contributed by atoms with Gasteiger partial charge in [-0.2, -0.15) is 0 Å². The van der Waals surface area contributed by atoms with Crippen LogP contribution >= 0.6 is 0 Å². The normalized spacial score (nSPS) is 37.8. The van der Waals surface area contributed by atoms with Crippen molar-refractivity contribution < 1.29 is 19.0 Å². The molecule has 0 bridgehead atoms. The monoisotopic (exact) mass is 260 g/mol. The second kappa shape index (κ2) is 4.31. The predicted octanol–water partition coefficient (Wildman–Crippen LogP) is 1.54. The van der Waals surface area contributed by atoms with Crippen molar-refractivity contribution in [2.24, 2.45) is 0 Å². The van der Waals surface area contributed by atoms with Crippen LogP contribution in [0.25, 0.3) is 0 Å². The Hall–Kier alpha value is 0.0569. The van der Waals surface area contributed by atoms with Crippen LogP contribution in [0.1, 0.15) is 20.8 Å². The van der Waals surface area contributed by atoms with Crippen LogP contribution in [0.15, 0.2) is 0 Å². The van der Waals surface area contributed by atoms with Crippen molar-refractivity contribution >= 4 is 8.32 Å². The van der Waals surface area contributed by atoms with Crippen LogP contribution in [0.5, 0.6) is 0 Å². The quantitative estimate of drug-likeness (QED) is 0.618. The fourth-order valence-corrected chi connectivity index (χ4v) is 2.79. The summed E-state index contributed by atoms with van der Waals surface area (Å²) < 4.78 is 16.9. The summed E-state index contributed by atoms with van der Waals surface area (Å²) in [5.74, 6) is 0. The lowest BCUT2D eigenvalue weighted by Gasteiger charge is -2.38. The highest BCUT2D eigenvalue weighted by atomic mass is 28.4. The average Bonchev–Trinajstić information content (AvgIpc) is 2.95. The highest BCUT2D eigenvalue weighted by Gasteiger charge is 2.52. The van der Waals surface area contributed by atoms with Gasteiger partial charge >= 0.3 is 0 Å². The van der Waals surface area contributed by atoms with Crippen LogP contribution in [0.3, 0.4) is 0 Å². The molecule has 0 aliphatic carbocycles. The molecule has 0 unspecified atom stereocenters. The van der Waals surface area contributed by atoms with E-state index in [1.54, 1.807) is 0 Å². The van der Waals surface area contributed by atoms with Gasteiger partial charge in [0.05, 0.1) is 13.2 Å². The van der Waals surface area contributed by atoms with Gasteiger partial charge in [-0.05, 0) is 18.1 Å². The molecule has 2 fully saturated rings. The Labute approximate surface area is 104 Å². The molecule has 2 aliphatic heterocycles. The van der Waals surface area contributed by atoms with Gasteiger partial charge in [-0.1, -0.05) is 20.8 Å². The molecule has 1 N–H and O–H groups in total. The van der Waals surface area contributed by atoms with E-state index in [-0.39, 0.29) is 23.4 Å². The van der Waals surface area contributed by atoms with E-state index in [4.69, 9.17) is 13.9 Å². The van der Waals surface area contributed by atoms with E-state index in [0.29, 0.717) is 13.2 Å². The predicted molar refractivity (Wildman–Crippen MR) is 67.6 cm³/mol. The molecule has 2 rings (SSSR count). The van der Waals surface area contributed by atoms with Gasteiger partial charge in [0.25, 0.3) is 0 Å². The van der Waals surface area contributed by atoms with Crippen molar-refractivity contribution in [2.45, 2.75) is 63.3 Å². The Morgan fingerprint density at radius 2 is 2.00 bits per heavy atom. The number of hydrogen-bond acceptors (Lipinski definition) is 4. The number of aliphatic hydroxyl groups excluding tert-OH is 1. The molecule has 2 saturated heterocycles. The average molecular weight is 260 g/mol. The van der Waals surface area contributed by atoms with E-state index in [9.17, 15) is 5.11 Å². The third-order valence-corrected chi connectivity index (χ3v) is 8.73. The van der Waals surface area contributed by atoms with E-state index >= 15 is 0 Å². The highest BCUT2D eigenvalue weighted by molar-refractivity contribution is 6.74. The molecule has 0 radical (unpaired) electrons. The summed E-state index contributed by atoms with van der Waals surface area (Å²) in [7, 11) is -1.76. The second-order valence-electron chi connectivity index (χ2n) is 6.57. The van der Waals surface area contributed by atoms with E-state index in [1.807, 2.05) is 0 Å². The van der Waals surface area contributed by atoms with Crippen LogP contribution in [0.2, 0.25) is 18.1 Å². The zero-order valence-electron chi connectivity index (χ0n) is 11.4. The Morgan fingerprint density at radius 3 is 2.59 bits per heavy atom. The summed E-state index contributed by atoms with van der Waals surface area (Å²) in [5.41, 5.74) is 0. The summed E-state index contributed by atoms with van der Waals surface area (Å²) in [5, 5.41) is 10.1. The highest BCUT2D eigenvalue weighted by Crippen LogP contribution is 2.38. The van der Waals surface area contributed by atoms with Crippen molar-refractivity contribution in [3.63, 3.8) is 0 Å². The van der Waals surface area contributed by atoms with Gasteiger partial charge < -0.3 is 19.0 Å². The summed E-state index contributed by atoms with van der Waals surface area (Å²) in [6.45, 7) is 12.1. The van der Waals surface area contributed by atoms with Crippen LogP contribution < -0.4 is 0 Å². The molecule has 2 heterocycles. The van der Waals surface area contributed by atoms with Gasteiger partial charge in [-0.25, -0.2) is 0 Å². The Bertz CT molecular complexity index is 287. The van der Waals surface area contributed by atoms with E-state index in [1.165, 1.54) is 0 Å². The molecule has 4 nitrogen and oxygen atoms in total. The van der Waals surface area contributed by atoms with Crippen LogP contribution in [-0.4, -0.2) is 51.1 Å². The van der Waals surface area contributed by atoms with Crippen molar-refractivity contribution in [1.82, 2.24) is 0 Å².